The molecule has 0 aliphatic heterocycles. The summed E-state index contributed by atoms with van der Waals surface area (Å²) in [6.45, 7) is 5.50. The van der Waals surface area contributed by atoms with Gasteiger partial charge in [0.25, 0.3) is 0 Å². The molecule has 86 valence electrons. The van der Waals surface area contributed by atoms with Crippen LogP contribution in [0.4, 0.5) is 0 Å². The van der Waals surface area contributed by atoms with Crippen molar-refractivity contribution in [3.8, 4) is 0 Å². The third-order valence-corrected chi connectivity index (χ3v) is 3.76. The van der Waals surface area contributed by atoms with Gasteiger partial charge in [0.05, 0.1) is 18.9 Å². The normalized spacial score (nSPS) is 11.1. The third-order valence-electron chi connectivity index (χ3n) is 1.49. The van der Waals surface area contributed by atoms with Crippen LogP contribution in [0.5, 0.6) is 0 Å². The SMILES string of the molecule is CCCCOP(=S)([S-])OCCCC.[Mo]. The van der Waals surface area contributed by atoms with Crippen molar-refractivity contribution in [2.24, 2.45) is 0 Å². The predicted octanol–water partition coefficient (Wildman–Crippen LogP) is 3.39. The Morgan fingerprint density at radius 3 is 1.71 bits per heavy atom. The van der Waals surface area contributed by atoms with E-state index < -0.39 is 5.69 Å². The van der Waals surface area contributed by atoms with E-state index in [0.717, 1.165) is 25.7 Å². The van der Waals surface area contributed by atoms with Crippen LogP contribution in [0.1, 0.15) is 39.5 Å². The molecule has 0 spiro atoms. The summed E-state index contributed by atoms with van der Waals surface area (Å²) in [5, 5.41) is 0. The van der Waals surface area contributed by atoms with Crippen LogP contribution in [-0.2, 0) is 54.2 Å². The van der Waals surface area contributed by atoms with E-state index in [2.05, 4.69) is 13.8 Å². The fourth-order valence-corrected chi connectivity index (χ4v) is 2.35. The van der Waals surface area contributed by atoms with Gasteiger partial charge in [-0.1, -0.05) is 38.5 Å². The molecule has 0 amide bonds. The fraction of sp³-hybridized carbons (Fsp3) is 1.00. The van der Waals surface area contributed by atoms with Crippen molar-refractivity contribution in [2.45, 2.75) is 39.5 Å². The van der Waals surface area contributed by atoms with Gasteiger partial charge in [0.15, 0.2) is 0 Å². The van der Waals surface area contributed by atoms with Crippen LogP contribution >= 0.6 is 5.69 Å². The van der Waals surface area contributed by atoms with E-state index in [1.165, 1.54) is 0 Å². The second-order valence-electron chi connectivity index (χ2n) is 2.82. The van der Waals surface area contributed by atoms with Crippen LogP contribution in [0.2, 0.25) is 0 Å². The van der Waals surface area contributed by atoms with Gasteiger partial charge in [-0.25, -0.2) is 0 Å². The maximum atomic E-state index is 5.33. The standard InChI is InChI=1S/C8H19O2PS2.Mo/c1-3-5-7-9-11(12,13)10-8-6-4-2;/h3-8H2,1-2H3,(H,12,13);/p-1. The molecule has 0 saturated carbocycles. The Hall–Kier alpha value is 1.61. The molecule has 14 heavy (non-hydrogen) atoms. The molecule has 0 bridgehead atoms. The average molecular weight is 337 g/mol. The molecule has 0 radical (unpaired) electrons. The van der Waals surface area contributed by atoms with E-state index in [1.54, 1.807) is 0 Å². The molecule has 0 aliphatic rings. The van der Waals surface area contributed by atoms with Crippen molar-refractivity contribution < 1.29 is 30.1 Å². The van der Waals surface area contributed by atoms with Gasteiger partial charge in [-0.15, -0.1) is 0 Å². The number of hydrogen-bond donors (Lipinski definition) is 0. The maximum absolute atomic E-state index is 5.33. The van der Waals surface area contributed by atoms with Crippen LogP contribution in [-0.4, -0.2) is 13.2 Å². The Balaban J connectivity index is 0. The second-order valence-corrected chi connectivity index (χ2v) is 7.81. The van der Waals surface area contributed by atoms with Crippen LogP contribution in [0, 0.1) is 0 Å². The Labute approximate surface area is 112 Å². The predicted molar refractivity (Wildman–Crippen MR) is 63.4 cm³/mol. The molecule has 0 fully saturated rings. The largest absolute Gasteiger partial charge is 0.691 e. The van der Waals surface area contributed by atoms with Gasteiger partial charge >= 0.3 is 0 Å². The van der Waals surface area contributed by atoms with Crippen molar-refractivity contribution in [3.63, 3.8) is 0 Å². The van der Waals surface area contributed by atoms with Crippen LogP contribution in [0.25, 0.3) is 0 Å². The summed E-state index contributed by atoms with van der Waals surface area (Å²) in [6, 6.07) is 0. The molecule has 0 aliphatic carbocycles. The summed E-state index contributed by atoms with van der Waals surface area (Å²) < 4.78 is 10.7. The summed E-state index contributed by atoms with van der Waals surface area (Å²) in [4.78, 5) is 0. The third kappa shape index (κ3) is 11.7. The van der Waals surface area contributed by atoms with E-state index in [-0.39, 0.29) is 21.1 Å². The van der Waals surface area contributed by atoms with Crippen molar-refractivity contribution in [1.82, 2.24) is 0 Å². The molecular formula is C8H18MoO2PS2-. The van der Waals surface area contributed by atoms with E-state index in [4.69, 9.17) is 33.1 Å². The minimum Gasteiger partial charge on any atom is -0.691 e. The Morgan fingerprint density at radius 2 is 1.43 bits per heavy atom. The van der Waals surface area contributed by atoms with Crippen molar-refractivity contribution in [1.29, 1.82) is 0 Å². The van der Waals surface area contributed by atoms with E-state index in [9.17, 15) is 0 Å². The van der Waals surface area contributed by atoms with E-state index in [1.807, 2.05) is 0 Å². The van der Waals surface area contributed by atoms with Crippen molar-refractivity contribution in [3.05, 3.63) is 0 Å². The van der Waals surface area contributed by atoms with Gasteiger partial charge in [-0.3, -0.25) is 0 Å². The second kappa shape index (κ2) is 11.1. The van der Waals surface area contributed by atoms with Gasteiger partial charge in [0.2, 0.25) is 0 Å². The van der Waals surface area contributed by atoms with Gasteiger partial charge in [-0.05, 0) is 12.8 Å². The smallest absolute Gasteiger partial charge is 0.0563 e. The van der Waals surface area contributed by atoms with E-state index in [0.29, 0.717) is 13.2 Å². The quantitative estimate of drug-likeness (QED) is 0.292. The zero-order valence-corrected chi connectivity index (χ0v) is 13.3. The van der Waals surface area contributed by atoms with Crippen molar-refractivity contribution in [2.75, 3.05) is 13.2 Å². The topological polar surface area (TPSA) is 18.5 Å². The molecule has 0 aromatic heterocycles. The number of unbranched alkanes of at least 4 members (excludes halogenated alkanes) is 2. The summed E-state index contributed by atoms with van der Waals surface area (Å²) in [7, 11) is 0. The molecule has 0 rings (SSSR count). The summed E-state index contributed by atoms with van der Waals surface area (Å²) >= 11 is 10.1. The Bertz CT molecular complexity index is 155. The molecule has 6 heteroatoms. The molecule has 0 atom stereocenters. The van der Waals surface area contributed by atoms with Gasteiger partial charge in [0, 0.05) is 21.1 Å². The van der Waals surface area contributed by atoms with Crippen LogP contribution in [0.3, 0.4) is 0 Å². The molecule has 2 nitrogen and oxygen atoms in total. The van der Waals surface area contributed by atoms with Gasteiger partial charge in [0.1, 0.15) is 0 Å². The molecule has 0 heterocycles. The van der Waals surface area contributed by atoms with Gasteiger partial charge < -0.3 is 21.3 Å². The van der Waals surface area contributed by atoms with Crippen molar-refractivity contribution >= 4 is 29.7 Å². The minimum absolute atomic E-state index is 0. The molecular weight excluding hydrogens is 319 g/mol. The Kier molecular flexibility index (Phi) is 14.3. The van der Waals surface area contributed by atoms with E-state index >= 15 is 0 Å². The zero-order chi connectivity index (χ0) is 10.2. The molecule has 0 aromatic carbocycles. The summed E-state index contributed by atoms with van der Waals surface area (Å²) in [6.07, 6.45) is 4.21. The molecule has 0 unspecified atom stereocenters. The average Bonchev–Trinajstić information content (AvgIpc) is 2.05. The van der Waals surface area contributed by atoms with Gasteiger partial charge in [-0.2, -0.15) is 0 Å². The first kappa shape index (κ1) is 18.0. The minimum atomic E-state index is -2.34. The summed E-state index contributed by atoms with van der Waals surface area (Å²) in [5.74, 6) is 0. The van der Waals surface area contributed by atoms with Crippen LogP contribution < -0.4 is 0 Å². The molecule has 0 N–H and O–H groups in total. The first-order valence-corrected chi connectivity index (χ1v) is 8.37. The maximum Gasteiger partial charge on any atom is 0.0563 e. The number of rotatable bonds is 8. The Morgan fingerprint density at radius 1 is 1.07 bits per heavy atom. The monoisotopic (exact) mass is 339 g/mol. The summed E-state index contributed by atoms with van der Waals surface area (Å²) in [5.41, 5.74) is -2.34. The molecule has 0 aromatic rings. The molecule has 0 saturated heterocycles. The number of hydrogen-bond acceptors (Lipinski definition) is 4. The first-order valence-electron chi connectivity index (χ1n) is 4.72. The fourth-order valence-electron chi connectivity index (χ4n) is 0.679. The van der Waals surface area contributed by atoms with Crippen LogP contribution in [0.15, 0.2) is 0 Å². The first-order chi connectivity index (χ1) is 6.12. The zero-order valence-electron chi connectivity index (χ0n) is 8.73.